The van der Waals surface area contributed by atoms with E-state index >= 15 is 0 Å². The van der Waals surface area contributed by atoms with Gasteiger partial charge in [0.05, 0.1) is 19.1 Å². The van der Waals surface area contributed by atoms with Crippen LogP contribution in [0.1, 0.15) is 38.3 Å². The number of carbonyl (C=O) groups is 1. The fourth-order valence-electron chi connectivity index (χ4n) is 3.04. The lowest BCUT2D eigenvalue weighted by Crippen LogP contribution is -2.52. The fraction of sp³-hybridized carbons (Fsp3) is 0.375. The summed E-state index contributed by atoms with van der Waals surface area (Å²) in [5.74, 6) is 0.169. The largest absolute Gasteiger partial charge is 0.412 e. The molecule has 1 unspecified atom stereocenters. The standard InChI is InChI=1S/C24H31NO2Si/c1-24(2,3)28(4,5)27-18-20-13-9-10-14-22(20)25-21(17-23(25)26)16-15-19-11-7-6-8-12-19/h6-16,21H,17-18H2,1-5H3/b16-15+. The van der Waals surface area contributed by atoms with Crippen LogP contribution < -0.4 is 4.90 Å². The average Bonchev–Trinajstić information content (AvgIpc) is 2.64. The van der Waals surface area contributed by atoms with Gasteiger partial charge in [-0.05, 0) is 29.8 Å². The molecule has 0 N–H and O–H groups in total. The second-order valence-corrected chi connectivity index (χ2v) is 13.8. The van der Waals surface area contributed by atoms with Gasteiger partial charge in [-0.1, -0.05) is 81.5 Å². The van der Waals surface area contributed by atoms with Crippen LogP contribution in [-0.4, -0.2) is 20.3 Å². The van der Waals surface area contributed by atoms with E-state index in [1.54, 1.807) is 0 Å². The quantitative estimate of drug-likeness (QED) is 0.443. The zero-order chi connectivity index (χ0) is 20.4. The van der Waals surface area contributed by atoms with Crippen LogP contribution in [0.5, 0.6) is 0 Å². The third-order valence-electron chi connectivity index (χ3n) is 5.94. The second-order valence-electron chi connectivity index (χ2n) is 8.98. The molecule has 1 amide bonds. The van der Waals surface area contributed by atoms with Gasteiger partial charge in [-0.2, -0.15) is 0 Å². The number of para-hydroxylation sites is 1. The molecule has 1 saturated heterocycles. The van der Waals surface area contributed by atoms with E-state index in [2.05, 4.69) is 64.2 Å². The minimum absolute atomic E-state index is 0.0988. The molecule has 1 fully saturated rings. The van der Waals surface area contributed by atoms with Crippen LogP contribution in [0.15, 0.2) is 60.7 Å². The van der Waals surface area contributed by atoms with Gasteiger partial charge in [-0.3, -0.25) is 4.79 Å². The number of rotatable bonds is 6. The Bertz CT molecular complexity index is 852. The van der Waals surface area contributed by atoms with Gasteiger partial charge in [0.15, 0.2) is 8.32 Å². The highest BCUT2D eigenvalue weighted by Gasteiger charge is 2.39. The number of nitrogens with zero attached hydrogens (tertiary/aromatic N) is 1. The van der Waals surface area contributed by atoms with E-state index in [4.69, 9.17) is 4.43 Å². The lowest BCUT2D eigenvalue weighted by atomic mass is 9.97. The molecule has 0 radical (unpaired) electrons. The predicted octanol–water partition coefficient (Wildman–Crippen LogP) is 6.03. The van der Waals surface area contributed by atoms with Crippen LogP contribution >= 0.6 is 0 Å². The van der Waals surface area contributed by atoms with Crippen LogP contribution in [0.25, 0.3) is 6.08 Å². The average molecular weight is 394 g/mol. The van der Waals surface area contributed by atoms with Crippen molar-refractivity contribution in [3.63, 3.8) is 0 Å². The highest BCUT2D eigenvalue weighted by molar-refractivity contribution is 6.74. The van der Waals surface area contributed by atoms with Crippen molar-refractivity contribution in [1.29, 1.82) is 0 Å². The van der Waals surface area contributed by atoms with Crippen molar-refractivity contribution in [3.8, 4) is 0 Å². The van der Waals surface area contributed by atoms with E-state index in [1.165, 1.54) is 0 Å². The number of anilines is 1. The van der Waals surface area contributed by atoms with Crippen molar-refractivity contribution in [2.75, 3.05) is 4.90 Å². The third kappa shape index (κ3) is 4.45. The van der Waals surface area contributed by atoms with Gasteiger partial charge in [0, 0.05) is 11.3 Å². The molecule has 1 atom stereocenters. The molecule has 3 nitrogen and oxygen atoms in total. The van der Waals surface area contributed by atoms with Gasteiger partial charge in [-0.15, -0.1) is 0 Å². The fourth-order valence-corrected chi connectivity index (χ4v) is 3.99. The van der Waals surface area contributed by atoms with Gasteiger partial charge in [0.25, 0.3) is 0 Å². The number of amides is 1. The van der Waals surface area contributed by atoms with Crippen molar-refractivity contribution >= 4 is 26.0 Å². The maximum Gasteiger partial charge on any atom is 0.229 e. The summed E-state index contributed by atoms with van der Waals surface area (Å²) < 4.78 is 6.42. The first-order chi connectivity index (χ1) is 13.2. The first-order valence-electron chi connectivity index (χ1n) is 9.96. The normalized spacial score (nSPS) is 17.8. The van der Waals surface area contributed by atoms with E-state index in [0.717, 1.165) is 16.8 Å². The molecule has 0 bridgehead atoms. The van der Waals surface area contributed by atoms with Crippen LogP contribution in [-0.2, 0) is 15.8 Å². The van der Waals surface area contributed by atoms with Crippen LogP contribution in [0.2, 0.25) is 18.1 Å². The summed E-state index contributed by atoms with van der Waals surface area (Å²) >= 11 is 0. The molecule has 1 aliphatic rings. The molecular formula is C24H31NO2Si. The number of benzene rings is 2. The van der Waals surface area contributed by atoms with Gasteiger partial charge < -0.3 is 9.33 Å². The SMILES string of the molecule is CC(C)(C)[Si](C)(C)OCc1ccccc1N1C(=O)CC1/C=C/c1ccccc1. The topological polar surface area (TPSA) is 29.5 Å². The molecule has 1 aliphatic heterocycles. The van der Waals surface area contributed by atoms with E-state index in [9.17, 15) is 4.79 Å². The van der Waals surface area contributed by atoms with Gasteiger partial charge in [0.1, 0.15) is 0 Å². The Balaban J connectivity index is 1.77. The number of carbonyl (C=O) groups excluding carboxylic acids is 1. The summed E-state index contributed by atoms with van der Waals surface area (Å²) in [5, 5.41) is 0.162. The zero-order valence-electron chi connectivity index (χ0n) is 17.6. The van der Waals surface area contributed by atoms with Gasteiger partial charge in [-0.25, -0.2) is 0 Å². The van der Waals surface area contributed by atoms with Crippen LogP contribution in [0.3, 0.4) is 0 Å². The number of hydrogen-bond acceptors (Lipinski definition) is 2. The molecule has 0 saturated carbocycles. The highest BCUT2D eigenvalue weighted by Crippen LogP contribution is 2.38. The van der Waals surface area contributed by atoms with Crippen molar-refractivity contribution in [1.82, 2.24) is 0 Å². The minimum Gasteiger partial charge on any atom is -0.412 e. The Morgan fingerprint density at radius 1 is 1.07 bits per heavy atom. The Hall–Kier alpha value is -2.17. The minimum atomic E-state index is -1.85. The Labute approximate surface area is 170 Å². The van der Waals surface area contributed by atoms with E-state index in [-0.39, 0.29) is 17.0 Å². The summed E-state index contributed by atoms with van der Waals surface area (Å²) in [4.78, 5) is 14.3. The number of β-lactam (4-membered cyclic amide) rings is 1. The van der Waals surface area contributed by atoms with E-state index < -0.39 is 8.32 Å². The van der Waals surface area contributed by atoms with Gasteiger partial charge in [0.2, 0.25) is 5.91 Å². The molecule has 2 aromatic carbocycles. The molecule has 1 heterocycles. The third-order valence-corrected chi connectivity index (χ3v) is 10.4. The predicted molar refractivity (Wildman–Crippen MR) is 120 cm³/mol. The molecule has 28 heavy (non-hydrogen) atoms. The number of hydrogen-bond donors (Lipinski definition) is 0. The summed E-state index contributed by atoms with van der Waals surface area (Å²) in [7, 11) is -1.85. The molecule has 4 heteroatoms. The van der Waals surface area contributed by atoms with Crippen molar-refractivity contribution < 1.29 is 9.22 Å². The maximum atomic E-state index is 12.4. The Morgan fingerprint density at radius 3 is 2.36 bits per heavy atom. The first-order valence-corrected chi connectivity index (χ1v) is 12.9. The zero-order valence-corrected chi connectivity index (χ0v) is 18.6. The second kappa shape index (κ2) is 8.06. The smallest absolute Gasteiger partial charge is 0.229 e. The molecule has 3 rings (SSSR count). The van der Waals surface area contributed by atoms with Crippen LogP contribution in [0, 0.1) is 0 Å². The van der Waals surface area contributed by atoms with Gasteiger partial charge >= 0.3 is 0 Å². The van der Waals surface area contributed by atoms with E-state index in [0.29, 0.717) is 13.0 Å². The lowest BCUT2D eigenvalue weighted by molar-refractivity contribution is -0.123. The van der Waals surface area contributed by atoms with Crippen molar-refractivity contribution in [2.45, 2.75) is 58.0 Å². The molecular weight excluding hydrogens is 362 g/mol. The molecule has 0 aromatic heterocycles. The highest BCUT2D eigenvalue weighted by atomic mass is 28.4. The summed E-state index contributed by atoms with van der Waals surface area (Å²) in [6.45, 7) is 11.8. The molecule has 2 aromatic rings. The van der Waals surface area contributed by atoms with Crippen molar-refractivity contribution in [3.05, 3.63) is 71.8 Å². The monoisotopic (exact) mass is 393 g/mol. The van der Waals surface area contributed by atoms with Crippen LogP contribution in [0.4, 0.5) is 5.69 Å². The molecule has 0 spiro atoms. The van der Waals surface area contributed by atoms with E-state index in [1.807, 2.05) is 41.3 Å². The summed E-state index contributed by atoms with van der Waals surface area (Å²) in [6, 6.07) is 18.4. The first kappa shape index (κ1) is 20.6. The molecule has 148 valence electrons. The van der Waals surface area contributed by atoms with Crippen molar-refractivity contribution in [2.24, 2.45) is 0 Å². The summed E-state index contributed by atoms with van der Waals surface area (Å²) in [5.41, 5.74) is 3.20. The molecule has 0 aliphatic carbocycles. The lowest BCUT2D eigenvalue weighted by Gasteiger charge is -2.41. The Kier molecular flexibility index (Phi) is 5.92. The summed E-state index contributed by atoms with van der Waals surface area (Å²) in [6.07, 6.45) is 4.78. The Morgan fingerprint density at radius 2 is 1.71 bits per heavy atom. The maximum absolute atomic E-state index is 12.4.